The Morgan fingerprint density at radius 1 is 1.29 bits per heavy atom. The molecule has 14 heavy (non-hydrogen) atoms. The van der Waals surface area contributed by atoms with Gasteiger partial charge in [-0.25, -0.2) is 9.47 Å². The fourth-order valence-corrected chi connectivity index (χ4v) is 1.67. The van der Waals surface area contributed by atoms with Gasteiger partial charge in [0, 0.05) is 19.3 Å². The highest BCUT2D eigenvalue weighted by Gasteiger charge is 2.28. The van der Waals surface area contributed by atoms with E-state index in [0.717, 1.165) is 0 Å². The van der Waals surface area contributed by atoms with E-state index < -0.39 is 0 Å². The molecule has 0 saturated carbocycles. The summed E-state index contributed by atoms with van der Waals surface area (Å²) in [6, 6.07) is 6.23. The molecule has 2 heterocycles. The van der Waals surface area contributed by atoms with Crippen LogP contribution in [0.25, 0.3) is 0 Å². The molecule has 0 bridgehead atoms. The first kappa shape index (κ1) is 9.06. The van der Waals surface area contributed by atoms with E-state index in [1.54, 1.807) is 0 Å². The second-order valence-electron chi connectivity index (χ2n) is 3.67. The largest absolute Gasteiger partial charge is 0.339 e. The molecule has 74 valence electrons. The number of rotatable bonds is 1. The van der Waals surface area contributed by atoms with Crippen LogP contribution in [-0.2, 0) is 7.05 Å². The van der Waals surface area contributed by atoms with Crippen molar-refractivity contribution in [1.29, 1.82) is 0 Å². The van der Waals surface area contributed by atoms with Crippen LogP contribution in [0.1, 0.15) is 6.92 Å². The van der Waals surface area contributed by atoms with Gasteiger partial charge in [0.05, 0.1) is 13.2 Å². The normalized spacial score (nSPS) is 20.6. The molecule has 1 aromatic heterocycles. The first-order valence-corrected chi connectivity index (χ1v) is 4.83. The summed E-state index contributed by atoms with van der Waals surface area (Å²) < 4.78 is 2.12. The van der Waals surface area contributed by atoms with E-state index >= 15 is 0 Å². The lowest BCUT2D eigenvalue weighted by molar-refractivity contribution is -0.658. The third-order valence-corrected chi connectivity index (χ3v) is 2.75. The molecule has 1 aromatic rings. The Labute approximate surface area is 84.9 Å². The lowest BCUT2D eigenvalue weighted by Gasteiger charge is -2.20. The predicted molar refractivity (Wildman–Crippen MR) is 56.5 cm³/mol. The van der Waals surface area contributed by atoms with Crippen LogP contribution in [0.2, 0.25) is 0 Å². The fraction of sp³-hybridized carbons (Fsp3) is 0.364. The summed E-state index contributed by atoms with van der Waals surface area (Å²) in [5.41, 5.74) is 0. The van der Waals surface area contributed by atoms with Crippen molar-refractivity contribution in [2.24, 2.45) is 7.05 Å². The lowest BCUT2D eigenvalue weighted by atomic mass is 10.4. The molecule has 0 amide bonds. The van der Waals surface area contributed by atoms with Crippen LogP contribution in [-0.4, -0.2) is 18.1 Å². The summed E-state index contributed by atoms with van der Waals surface area (Å²) in [5.74, 6) is 1.21. The van der Waals surface area contributed by atoms with Gasteiger partial charge in [-0.15, -0.1) is 0 Å². The monoisotopic (exact) mass is 190 g/mol. The Balaban J connectivity index is 2.33. The van der Waals surface area contributed by atoms with Crippen molar-refractivity contribution >= 4 is 5.82 Å². The van der Waals surface area contributed by atoms with Crippen molar-refractivity contribution in [3.63, 3.8) is 0 Å². The van der Waals surface area contributed by atoms with Gasteiger partial charge in [-0.05, 0) is 13.0 Å². The second kappa shape index (κ2) is 3.33. The minimum Gasteiger partial charge on any atom is -0.339 e. The van der Waals surface area contributed by atoms with Crippen LogP contribution in [0.5, 0.6) is 0 Å². The molecular formula is C11H16N3+. The van der Waals surface area contributed by atoms with Crippen LogP contribution in [0.4, 0.5) is 5.82 Å². The van der Waals surface area contributed by atoms with Gasteiger partial charge in [0.15, 0.2) is 6.17 Å². The highest BCUT2D eigenvalue weighted by molar-refractivity contribution is 5.40. The number of nitrogens with zero attached hydrogens (tertiary/aromatic N) is 3. The average Bonchev–Trinajstić information content (AvgIpc) is 2.49. The quantitative estimate of drug-likeness (QED) is 0.613. The Morgan fingerprint density at radius 3 is 2.64 bits per heavy atom. The van der Waals surface area contributed by atoms with Crippen molar-refractivity contribution in [1.82, 2.24) is 4.90 Å². The minimum atomic E-state index is 0.392. The maximum atomic E-state index is 2.25. The molecule has 0 aromatic carbocycles. The van der Waals surface area contributed by atoms with E-state index in [4.69, 9.17) is 0 Å². The van der Waals surface area contributed by atoms with E-state index in [1.807, 2.05) is 6.07 Å². The molecule has 1 aliphatic rings. The standard InChI is InChI=1S/C11H16N3/c1-10-12(2)8-9-14(10)11-6-4-5-7-13(11)3/h4-10H,1-3H3/q+1. The average molecular weight is 190 g/mol. The molecule has 0 N–H and O–H groups in total. The number of hydrogen-bond acceptors (Lipinski definition) is 2. The van der Waals surface area contributed by atoms with E-state index in [0.29, 0.717) is 6.17 Å². The summed E-state index contributed by atoms with van der Waals surface area (Å²) in [7, 11) is 4.15. The molecule has 0 fully saturated rings. The van der Waals surface area contributed by atoms with Crippen molar-refractivity contribution in [3.8, 4) is 0 Å². The van der Waals surface area contributed by atoms with Crippen molar-refractivity contribution in [2.75, 3.05) is 11.9 Å². The van der Waals surface area contributed by atoms with Gasteiger partial charge in [-0.3, -0.25) is 0 Å². The first-order chi connectivity index (χ1) is 6.70. The summed E-state index contributed by atoms with van der Waals surface area (Å²) in [5, 5.41) is 0. The van der Waals surface area contributed by atoms with E-state index in [-0.39, 0.29) is 0 Å². The topological polar surface area (TPSA) is 10.4 Å². The lowest BCUT2D eigenvalue weighted by Crippen LogP contribution is -2.42. The molecule has 3 nitrogen and oxygen atoms in total. The molecule has 3 heteroatoms. The maximum absolute atomic E-state index is 2.25. The minimum absolute atomic E-state index is 0.392. The molecule has 0 aliphatic carbocycles. The van der Waals surface area contributed by atoms with Gasteiger partial charge in [0.25, 0.3) is 5.82 Å². The van der Waals surface area contributed by atoms with E-state index in [2.05, 4.69) is 66.1 Å². The number of aromatic nitrogens is 1. The zero-order valence-electron chi connectivity index (χ0n) is 8.88. The second-order valence-corrected chi connectivity index (χ2v) is 3.67. The summed E-state index contributed by atoms with van der Waals surface area (Å²) >= 11 is 0. The zero-order valence-corrected chi connectivity index (χ0v) is 8.88. The molecule has 1 aliphatic heterocycles. The van der Waals surface area contributed by atoms with Crippen LogP contribution < -0.4 is 9.47 Å². The van der Waals surface area contributed by atoms with Gasteiger partial charge in [0.1, 0.15) is 6.20 Å². The first-order valence-electron chi connectivity index (χ1n) is 4.83. The zero-order chi connectivity index (χ0) is 10.1. The Morgan fingerprint density at radius 2 is 2.07 bits per heavy atom. The Bertz CT molecular complexity index is 359. The Kier molecular flexibility index (Phi) is 2.15. The maximum Gasteiger partial charge on any atom is 0.282 e. The van der Waals surface area contributed by atoms with Crippen molar-refractivity contribution < 1.29 is 4.57 Å². The summed E-state index contributed by atoms with van der Waals surface area (Å²) in [4.78, 5) is 4.44. The number of hydrogen-bond donors (Lipinski definition) is 0. The molecule has 1 atom stereocenters. The smallest absolute Gasteiger partial charge is 0.282 e. The molecule has 1 unspecified atom stereocenters. The molecular weight excluding hydrogens is 174 g/mol. The summed E-state index contributed by atoms with van der Waals surface area (Å²) in [6.07, 6.45) is 6.66. The fourth-order valence-electron chi connectivity index (χ4n) is 1.67. The van der Waals surface area contributed by atoms with Gasteiger partial charge in [-0.1, -0.05) is 6.07 Å². The van der Waals surface area contributed by atoms with Crippen LogP contribution in [0.15, 0.2) is 36.8 Å². The molecule has 0 radical (unpaired) electrons. The van der Waals surface area contributed by atoms with Crippen molar-refractivity contribution in [2.45, 2.75) is 13.1 Å². The predicted octanol–water partition coefficient (Wildman–Crippen LogP) is 1.08. The van der Waals surface area contributed by atoms with Gasteiger partial charge in [0.2, 0.25) is 0 Å². The Hall–Kier alpha value is -1.51. The third kappa shape index (κ3) is 1.35. The SMILES string of the molecule is CC1N(C)C=CN1c1cccc[n+]1C. The summed E-state index contributed by atoms with van der Waals surface area (Å²) in [6.45, 7) is 2.19. The van der Waals surface area contributed by atoms with Gasteiger partial charge < -0.3 is 4.90 Å². The van der Waals surface area contributed by atoms with Gasteiger partial charge in [-0.2, -0.15) is 0 Å². The van der Waals surface area contributed by atoms with Crippen molar-refractivity contribution in [3.05, 3.63) is 36.8 Å². The highest BCUT2D eigenvalue weighted by Crippen LogP contribution is 2.19. The van der Waals surface area contributed by atoms with Gasteiger partial charge >= 0.3 is 0 Å². The van der Waals surface area contributed by atoms with E-state index in [9.17, 15) is 0 Å². The molecule has 0 saturated heterocycles. The number of anilines is 1. The van der Waals surface area contributed by atoms with Crippen LogP contribution in [0.3, 0.4) is 0 Å². The number of pyridine rings is 1. The van der Waals surface area contributed by atoms with Crippen LogP contribution in [0, 0.1) is 0 Å². The molecule has 0 spiro atoms. The highest BCUT2D eigenvalue weighted by atomic mass is 15.4. The number of aryl methyl sites for hydroxylation is 1. The van der Waals surface area contributed by atoms with Crippen LogP contribution >= 0.6 is 0 Å². The molecule has 2 rings (SSSR count). The van der Waals surface area contributed by atoms with E-state index in [1.165, 1.54) is 5.82 Å². The third-order valence-electron chi connectivity index (χ3n) is 2.75.